The Kier molecular flexibility index (Phi) is 4.12. The van der Waals surface area contributed by atoms with Crippen molar-refractivity contribution < 1.29 is 4.79 Å². The van der Waals surface area contributed by atoms with Gasteiger partial charge in [-0.25, -0.2) is 0 Å². The van der Waals surface area contributed by atoms with E-state index in [0.717, 1.165) is 5.56 Å². The smallest absolute Gasteiger partial charge is 0.237 e. The van der Waals surface area contributed by atoms with Gasteiger partial charge in [0.15, 0.2) is 0 Å². The summed E-state index contributed by atoms with van der Waals surface area (Å²) < 4.78 is 1.94. The molecule has 0 spiro atoms. The van der Waals surface area contributed by atoms with E-state index in [9.17, 15) is 4.79 Å². The number of nitrogens with one attached hydrogen (secondary N) is 1. The zero-order valence-electron chi connectivity index (χ0n) is 8.94. The molecule has 4 heteroatoms. The van der Waals surface area contributed by atoms with Gasteiger partial charge >= 0.3 is 0 Å². The van der Waals surface area contributed by atoms with E-state index in [0.29, 0.717) is 13.0 Å². The van der Waals surface area contributed by atoms with E-state index in [1.807, 2.05) is 30.1 Å². The van der Waals surface area contributed by atoms with Gasteiger partial charge in [0, 0.05) is 26.0 Å². The fourth-order valence-corrected chi connectivity index (χ4v) is 1.27. The standard InChI is InChI=1S/C11H17N3O/c1-3-4-10(12)11(15)13-7-9-5-6-14(2)8-9/h3,5-6,8,10H,1,4,7,12H2,2H3,(H,13,15). The van der Waals surface area contributed by atoms with Crippen molar-refractivity contribution >= 4 is 5.91 Å². The first-order chi connectivity index (χ1) is 7.13. The summed E-state index contributed by atoms with van der Waals surface area (Å²) in [6.07, 6.45) is 6.04. The molecule has 4 nitrogen and oxygen atoms in total. The number of carbonyl (C=O) groups is 1. The number of hydrogen-bond acceptors (Lipinski definition) is 2. The Morgan fingerprint density at radius 2 is 2.53 bits per heavy atom. The van der Waals surface area contributed by atoms with Crippen LogP contribution in [0.5, 0.6) is 0 Å². The highest BCUT2D eigenvalue weighted by Crippen LogP contribution is 1.99. The number of nitrogens with zero attached hydrogens (tertiary/aromatic N) is 1. The quantitative estimate of drug-likeness (QED) is 0.692. The summed E-state index contributed by atoms with van der Waals surface area (Å²) >= 11 is 0. The maximum Gasteiger partial charge on any atom is 0.237 e. The summed E-state index contributed by atoms with van der Waals surface area (Å²) in [7, 11) is 1.94. The lowest BCUT2D eigenvalue weighted by Gasteiger charge is -2.09. The molecule has 1 heterocycles. The molecule has 82 valence electrons. The van der Waals surface area contributed by atoms with Crippen molar-refractivity contribution in [3.63, 3.8) is 0 Å². The first kappa shape index (κ1) is 11.5. The molecule has 3 N–H and O–H groups in total. The van der Waals surface area contributed by atoms with Gasteiger partial charge in [-0.2, -0.15) is 0 Å². The van der Waals surface area contributed by atoms with Crippen molar-refractivity contribution in [1.82, 2.24) is 9.88 Å². The third-order valence-corrected chi connectivity index (χ3v) is 2.12. The normalized spacial score (nSPS) is 12.1. The number of carbonyl (C=O) groups excluding carboxylic acids is 1. The second-order valence-corrected chi connectivity index (χ2v) is 3.53. The first-order valence-electron chi connectivity index (χ1n) is 4.88. The number of hydrogen-bond donors (Lipinski definition) is 2. The second kappa shape index (κ2) is 5.36. The zero-order valence-corrected chi connectivity index (χ0v) is 8.94. The van der Waals surface area contributed by atoms with Crippen LogP contribution in [0.1, 0.15) is 12.0 Å². The highest BCUT2D eigenvalue weighted by molar-refractivity contribution is 5.81. The minimum absolute atomic E-state index is 0.140. The van der Waals surface area contributed by atoms with Gasteiger partial charge in [-0.05, 0) is 18.1 Å². The largest absolute Gasteiger partial charge is 0.357 e. The third-order valence-electron chi connectivity index (χ3n) is 2.12. The monoisotopic (exact) mass is 207 g/mol. The molecule has 1 aromatic rings. The van der Waals surface area contributed by atoms with Crippen LogP contribution >= 0.6 is 0 Å². The van der Waals surface area contributed by atoms with Crippen LogP contribution in [0.4, 0.5) is 0 Å². The lowest BCUT2D eigenvalue weighted by atomic mass is 10.2. The minimum Gasteiger partial charge on any atom is -0.357 e. The fraction of sp³-hybridized carbons (Fsp3) is 0.364. The van der Waals surface area contributed by atoms with Gasteiger partial charge in [0.25, 0.3) is 0 Å². The summed E-state index contributed by atoms with van der Waals surface area (Å²) in [4.78, 5) is 11.4. The van der Waals surface area contributed by atoms with E-state index < -0.39 is 6.04 Å². The van der Waals surface area contributed by atoms with Gasteiger partial charge in [-0.15, -0.1) is 6.58 Å². The summed E-state index contributed by atoms with van der Waals surface area (Å²) in [5.74, 6) is -0.140. The Bertz CT molecular complexity index is 343. The molecule has 0 bridgehead atoms. The lowest BCUT2D eigenvalue weighted by molar-refractivity contribution is -0.122. The van der Waals surface area contributed by atoms with Gasteiger partial charge in [0.1, 0.15) is 0 Å². The van der Waals surface area contributed by atoms with Gasteiger partial charge < -0.3 is 15.6 Å². The van der Waals surface area contributed by atoms with E-state index in [2.05, 4.69) is 11.9 Å². The molecule has 0 saturated carbocycles. The first-order valence-corrected chi connectivity index (χ1v) is 4.88. The van der Waals surface area contributed by atoms with Crippen LogP contribution in [-0.4, -0.2) is 16.5 Å². The molecule has 0 fully saturated rings. The Balaban J connectivity index is 2.37. The third kappa shape index (κ3) is 3.59. The molecular formula is C11H17N3O. The molecular weight excluding hydrogens is 190 g/mol. The van der Waals surface area contributed by atoms with Gasteiger partial charge in [-0.1, -0.05) is 6.08 Å². The summed E-state index contributed by atoms with van der Waals surface area (Å²) in [5, 5.41) is 2.77. The molecule has 0 aliphatic carbocycles. The van der Waals surface area contributed by atoms with Gasteiger partial charge in [0.2, 0.25) is 5.91 Å². The molecule has 1 aromatic heterocycles. The predicted molar refractivity (Wildman–Crippen MR) is 60.0 cm³/mol. The predicted octanol–water partition coefficient (Wildman–Crippen LogP) is 0.545. The van der Waals surface area contributed by atoms with Crippen LogP contribution in [0, 0.1) is 0 Å². The maximum absolute atomic E-state index is 11.4. The van der Waals surface area contributed by atoms with E-state index in [1.54, 1.807) is 6.08 Å². The average Bonchev–Trinajstić information content (AvgIpc) is 2.61. The molecule has 0 radical (unpaired) electrons. The molecule has 1 atom stereocenters. The molecule has 0 aromatic carbocycles. The molecule has 0 aliphatic heterocycles. The van der Waals surface area contributed by atoms with Crippen LogP contribution < -0.4 is 11.1 Å². The van der Waals surface area contributed by atoms with Crippen molar-refractivity contribution in [3.8, 4) is 0 Å². The Labute approximate surface area is 89.8 Å². The molecule has 1 amide bonds. The topological polar surface area (TPSA) is 60.1 Å². The highest BCUT2D eigenvalue weighted by Gasteiger charge is 2.10. The van der Waals surface area contributed by atoms with E-state index in [4.69, 9.17) is 5.73 Å². The number of aromatic nitrogens is 1. The molecule has 0 saturated heterocycles. The van der Waals surface area contributed by atoms with Crippen LogP contribution in [0.15, 0.2) is 31.1 Å². The van der Waals surface area contributed by atoms with Crippen molar-refractivity contribution in [2.75, 3.05) is 0 Å². The maximum atomic E-state index is 11.4. The van der Waals surface area contributed by atoms with E-state index >= 15 is 0 Å². The Morgan fingerprint density at radius 1 is 1.80 bits per heavy atom. The molecule has 1 unspecified atom stereocenters. The highest BCUT2D eigenvalue weighted by atomic mass is 16.2. The number of aryl methyl sites for hydroxylation is 1. The van der Waals surface area contributed by atoms with Crippen LogP contribution in [0.2, 0.25) is 0 Å². The van der Waals surface area contributed by atoms with Crippen molar-refractivity contribution in [2.24, 2.45) is 12.8 Å². The average molecular weight is 207 g/mol. The minimum atomic E-state index is -0.494. The lowest BCUT2D eigenvalue weighted by Crippen LogP contribution is -2.39. The molecule has 1 rings (SSSR count). The second-order valence-electron chi connectivity index (χ2n) is 3.53. The van der Waals surface area contributed by atoms with E-state index in [1.165, 1.54) is 0 Å². The fourth-order valence-electron chi connectivity index (χ4n) is 1.27. The zero-order chi connectivity index (χ0) is 11.3. The molecule has 0 aliphatic rings. The number of nitrogens with two attached hydrogens (primary N) is 1. The van der Waals surface area contributed by atoms with Crippen LogP contribution in [-0.2, 0) is 18.4 Å². The molecule has 15 heavy (non-hydrogen) atoms. The van der Waals surface area contributed by atoms with Crippen LogP contribution in [0.25, 0.3) is 0 Å². The number of rotatable bonds is 5. The Hall–Kier alpha value is -1.55. The van der Waals surface area contributed by atoms with Gasteiger partial charge in [0.05, 0.1) is 6.04 Å². The van der Waals surface area contributed by atoms with Crippen molar-refractivity contribution in [3.05, 3.63) is 36.7 Å². The number of amides is 1. The summed E-state index contributed by atoms with van der Waals surface area (Å²) in [5.41, 5.74) is 6.67. The summed E-state index contributed by atoms with van der Waals surface area (Å²) in [6.45, 7) is 4.06. The van der Waals surface area contributed by atoms with Gasteiger partial charge in [-0.3, -0.25) is 4.79 Å². The van der Waals surface area contributed by atoms with Crippen LogP contribution in [0.3, 0.4) is 0 Å². The SMILES string of the molecule is C=CCC(N)C(=O)NCc1ccn(C)c1. The summed E-state index contributed by atoms with van der Waals surface area (Å²) in [6, 6.07) is 1.46. The Morgan fingerprint density at radius 3 is 3.07 bits per heavy atom. The van der Waals surface area contributed by atoms with Crippen molar-refractivity contribution in [2.45, 2.75) is 19.0 Å². The van der Waals surface area contributed by atoms with Crippen molar-refractivity contribution in [1.29, 1.82) is 0 Å². The van der Waals surface area contributed by atoms with E-state index in [-0.39, 0.29) is 5.91 Å².